The predicted octanol–water partition coefficient (Wildman–Crippen LogP) is 3.89. The third kappa shape index (κ3) is 5.05. The fourth-order valence-corrected chi connectivity index (χ4v) is 7.20. The molecule has 1 aliphatic carbocycles. The number of sulfonamides is 1. The van der Waals surface area contributed by atoms with E-state index in [2.05, 4.69) is 10.3 Å². The van der Waals surface area contributed by atoms with Crippen LogP contribution in [0, 0.1) is 17.6 Å². The topological polar surface area (TPSA) is 120 Å². The van der Waals surface area contributed by atoms with Crippen LogP contribution in [0.2, 0.25) is 0 Å². The first kappa shape index (κ1) is 24.5. The van der Waals surface area contributed by atoms with Gasteiger partial charge < -0.3 is 5.11 Å². The maximum Gasteiger partial charge on any atom is 0.328 e. The van der Waals surface area contributed by atoms with Crippen molar-refractivity contribution in [2.45, 2.75) is 48.8 Å². The Bertz CT molecular complexity index is 1180. The van der Waals surface area contributed by atoms with Gasteiger partial charge in [0.2, 0.25) is 0 Å². The lowest BCUT2D eigenvalue weighted by Gasteiger charge is -2.25. The van der Waals surface area contributed by atoms with Crippen LogP contribution in [0.4, 0.5) is 24.4 Å². The van der Waals surface area contributed by atoms with E-state index in [1.54, 1.807) is 0 Å². The number of nitrogens with one attached hydrogen (secondary N) is 1. The number of thiazole rings is 1. The Balaban J connectivity index is 1.54. The summed E-state index contributed by atoms with van der Waals surface area (Å²) < 4.78 is 53.9. The predicted molar refractivity (Wildman–Crippen MR) is 121 cm³/mol. The highest BCUT2D eigenvalue weighted by atomic mass is 32.2. The smallest absolute Gasteiger partial charge is 0.328 e. The lowest BCUT2D eigenvalue weighted by Crippen LogP contribution is -2.40. The molecule has 184 valence electrons. The highest BCUT2D eigenvalue weighted by Crippen LogP contribution is 2.32. The molecule has 1 aromatic heterocycles. The van der Waals surface area contributed by atoms with Gasteiger partial charge in [0.1, 0.15) is 6.04 Å². The fraction of sp³-hybridized carbons (Fsp3) is 0.476. The van der Waals surface area contributed by atoms with Crippen molar-refractivity contribution < 1.29 is 31.9 Å². The second-order valence-corrected chi connectivity index (χ2v) is 11.5. The molecule has 0 spiro atoms. The van der Waals surface area contributed by atoms with Crippen LogP contribution in [0.3, 0.4) is 0 Å². The van der Waals surface area contributed by atoms with E-state index < -0.39 is 39.7 Å². The summed E-state index contributed by atoms with van der Waals surface area (Å²) in [7, 11) is -4.10. The molecule has 2 aliphatic rings. The number of hydrogen-bond acceptors (Lipinski definition) is 6. The molecule has 1 aromatic carbocycles. The number of carbonyl (C=O) groups is 2. The molecule has 2 heterocycles. The van der Waals surface area contributed by atoms with Gasteiger partial charge in [0.15, 0.2) is 21.0 Å². The van der Waals surface area contributed by atoms with Crippen LogP contribution < -0.4 is 10.2 Å². The Labute approximate surface area is 199 Å². The zero-order valence-electron chi connectivity index (χ0n) is 18.1. The molecule has 1 aliphatic heterocycles. The monoisotopic (exact) mass is 514 g/mol. The Morgan fingerprint density at radius 1 is 1.18 bits per heavy atom. The molecule has 1 saturated heterocycles. The first-order valence-corrected chi connectivity index (χ1v) is 13.2. The molecule has 0 bridgehead atoms. The van der Waals surface area contributed by atoms with Gasteiger partial charge in [-0.25, -0.2) is 27.0 Å². The number of benzene rings is 1. The minimum absolute atomic E-state index is 0.00588. The molecule has 1 unspecified atom stereocenters. The number of carbonyl (C=O) groups excluding carboxylic acids is 1. The molecule has 2 amide bonds. The lowest BCUT2D eigenvalue weighted by atomic mass is 10.1. The first-order chi connectivity index (χ1) is 16.2. The Hall–Kier alpha value is -2.64. The van der Waals surface area contributed by atoms with E-state index in [0.29, 0.717) is 24.3 Å². The van der Waals surface area contributed by atoms with Gasteiger partial charge in [-0.2, -0.15) is 4.31 Å². The molecule has 2 N–H and O–H groups in total. The Morgan fingerprint density at radius 2 is 1.91 bits per heavy atom. The average molecular weight is 515 g/mol. The van der Waals surface area contributed by atoms with Crippen LogP contribution in [0.5, 0.6) is 0 Å². The first-order valence-electron chi connectivity index (χ1n) is 10.9. The van der Waals surface area contributed by atoms with Crippen LogP contribution in [0.1, 0.15) is 38.5 Å². The molecule has 1 atom stereocenters. The standard InChI is InChI=1S/C21H24F2N4O5S2/c22-15-8-7-14(10-16(15)23)26(12-13-4-1-2-5-13)21(30)25-20-24-11-18(33-20)34(31,32)27-9-3-6-17(27)19(28)29/h7-8,10-11,13,17H,1-6,9,12H2,(H,28,29)(H,24,25,30). The summed E-state index contributed by atoms with van der Waals surface area (Å²) >= 11 is 0.703. The summed E-state index contributed by atoms with van der Waals surface area (Å²) in [5, 5.41) is 11.8. The van der Waals surface area contributed by atoms with Crippen molar-refractivity contribution in [2.75, 3.05) is 23.3 Å². The van der Waals surface area contributed by atoms with E-state index in [9.17, 15) is 31.9 Å². The maximum absolute atomic E-state index is 13.9. The Morgan fingerprint density at radius 3 is 2.59 bits per heavy atom. The van der Waals surface area contributed by atoms with Crippen LogP contribution in [0.25, 0.3) is 0 Å². The lowest BCUT2D eigenvalue weighted by molar-refractivity contribution is -0.140. The molecule has 1 saturated carbocycles. The van der Waals surface area contributed by atoms with E-state index in [1.807, 2.05) is 0 Å². The quantitative estimate of drug-likeness (QED) is 0.579. The van der Waals surface area contributed by atoms with Gasteiger partial charge in [-0.1, -0.05) is 24.2 Å². The number of rotatable bonds is 7. The number of hydrogen-bond donors (Lipinski definition) is 2. The van der Waals surface area contributed by atoms with Crippen molar-refractivity contribution >= 4 is 44.2 Å². The van der Waals surface area contributed by atoms with E-state index in [1.165, 1.54) is 11.0 Å². The highest BCUT2D eigenvalue weighted by Gasteiger charge is 2.40. The van der Waals surface area contributed by atoms with Crippen molar-refractivity contribution in [1.29, 1.82) is 0 Å². The minimum atomic E-state index is -4.10. The van der Waals surface area contributed by atoms with Crippen LogP contribution in [-0.4, -0.2) is 53.9 Å². The number of halogens is 2. The number of urea groups is 1. The maximum atomic E-state index is 13.9. The number of carboxylic acids is 1. The van der Waals surface area contributed by atoms with Gasteiger partial charge in [-0.15, -0.1) is 0 Å². The largest absolute Gasteiger partial charge is 0.480 e. The Kier molecular flexibility index (Phi) is 7.14. The van der Waals surface area contributed by atoms with Crippen molar-refractivity contribution in [3.63, 3.8) is 0 Å². The summed E-state index contributed by atoms with van der Waals surface area (Å²) in [6, 6.07) is 1.41. The van der Waals surface area contributed by atoms with Crippen molar-refractivity contribution in [2.24, 2.45) is 5.92 Å². The second kappa shape index (κ2) is 9.92. The molecular weight excluding hydrogens is 490 g/mol. The van der Waals surface area contributed by atoms with Crippen molar-refractivity contribution in [3.05, 3.63) is 36.0 Å². The highest BCUT2D eigenvalue weighted by molar-refractivity contribution is 7.91. The van der Waals surface area contributed by atoms with Crippen LogP contribution in [0.15, 0.2) is 28.6 Å². The number of nitrogens with zero attached hydrogens (tertiary/aromatic N) is 3. The van der Waals surface area contributed by atoms with E-state index in [-0.39, 0.29) is 33.9 Å². The molecule has 2 fully saturated rings. The number of aliphatic carboxylic acids is 1. The molecule has 9 nitrogen and oxygen atoms in total. The summed E-state index contributed by atoms with van der Waals surface area (Å²) in [6.07, 6.45) is 5.61. The summed E-state index contributed by atoms with van der Waals surface area (Å²) in [4.78, 5) is 29.8. The van der Waals surface area contributed by atoms with Crippen molar-refractivity contribution in [3.8, 4) is 0 Å². The summed E-state index contributed by atoms with van der Waals surface area (Å²) in [5.41, 5.74) is 0.175. The summed E-state index contributed by atoms with van der Waals surface area (Å²) in [5.74, 6) is -3.12. The van der Waals surface area contributed by atoms with Gasteiger partial charge in [-0.3, -0.25) is 15.0 Å². The third-order valence-electron chi connectivity index (χ3n) is 6.13. The van der Waals surface area contributed by atoms with Gasteiger partial charge in [0.25, 0.3) is 10.0 Å². The van der Waals surface area contributed by atoms with Gasteiger partial charge >= 0.3 is 12.0 Å². The zero-order chi connectivity index (χ0) is 24.5. The fourth-order valence-electron chi connectivity index (χ4n) is 4.40. The van der Waals surface area contributed by atoms with E-state index in [4.69, 9.17) is 0 Å². The molecular formula is C21H24F2N4O5S2. The van der Waals surface area contributed by atoms with Crippen molar-refractivity contribution in [1.82, 2.24) is 9.29 Å². The number of anilines is 2. The molecule has 4 rings (SSSR count). The molecule has 0 radical (unpaired) electrons. The van der Waals surface area contributed by atoms with E-state index in [0.717, 1.165) is 48.3 Å². The normalized spacial score (nSPS) is 19.4. The average Bonchev–Trinajstić information content (AvgIpc) is 3.55. The zero-order valence-corrected chi connectivity index (χ0v) is 19.7. The number of amides is 2. The van der Waals surface area contributed by atoms with Crippen LogP contribution in [-0.2, 0) is 14.8 Å². The summed E-state index contributed by atoms with van der Waals surface area (Å²) in [6.45, 7) is 0.381. The second-order valence-electron chi connectivity index (χ2n) is 8.39. The van der Waals surface area contributed by atoms with E-state index >= 15 is 0 Å². The number of aromatic nitrogens is 1. The molecule has 34 heavy (non-hydrogen) atoms. The minimum Gasteiger partial charge on any atom is -0.480 e. The molecule has 2 aromatic rings. The third-order valence-corrected chi connectivity index (χ3v) is 9.38. The van der Waals surface area contributed by atoms with Gasteiger partial charge in [-0.05, 0) is 43.7 Å². The van der Waals surface area contributed by atoms with Gasteiger partial charge in [0, 0.05) is 24.8 Å². The van der Waals surface area contributed by atoms with Crippen LogP contribution >= 0.6 is 11.3 Å². The van der Waals surface area contributed by atoms with Gasteiger partial charge in [0.05, 0.1) is 6.20 Å². The molecule has 13 heteroatoms. The SMILES string of the molecule is O=C(O)C1CCCN1S(=O)(=O)c1cnc(NC(=O)N(CC2CCCC2)c2ccc(F)c(F)c2)s1. The number of carboxylic acid groups (broad SMARTS) is 1.